The van der Waals surface area contributed by atoms with Crippen molar-refractivity contribution in [3.8, 4) is 0 Å². The van der Waals surface area contributed by atoms with E-state index in [0.29, 0.717) is 0 Å². The first kappa shape index (κ1) is 17.1. The molecule has 1 aromatic heterocycles. The van der Waals surface area contributed by atoms with E-state index in [4.69, 9.17) is 0 Å². The first-order valence-electron chi connectivity index (χ1n) is 7.24. The summed E-state index contributed by atoms with van der Waals surface area (Å²) in [7, 11) is -0.366. The van der Waals surface area contributed by atoms with Crippen LogP contribution in [-0.4, -0.2) is 8.41 Å². The van der Waals surface area contributed by atoms with Gasteiger partial charge in [-0.1, -0.05) is 60.7 Å². The Balaban J connectivity index is 0.00000176. The van der Waals surface area contributed by atoms with E-state index in [9.17, 15) is 0 Å². The fraction of sp³-hybridized carbons (Fsp3) is 0.158. The zero-order chi connectivity index (χ0) is 14.7. The zero-order valence-electron chi connectivity index (χ0n) is 13.1. The molecule has 0 saturated carbocycles. The quantitative estimate of drug-likeness (QED) is 0.469. The summed E-state index contributed by atoms with van der Waals surface area (Å²) in [5, 5.41) is 2.98. The van der Waals surface area contributed by atoms with Crippen molar-refractivity contribution in [1.29, 1.82) is 0 Å². The summed E-state index contributed by atoms with van der Waals surface area (Å²) in [6.07, 6.45) is 0. The lowest BCUT2D eigenvalue weighted by Crippen LogP contribution is -2.11. The van der Waals surface area contributed by atoms with E-state index in [1.165, 1.54) is 27.6 Å². The molecule has 109 valence electrons. The van der Waals surface area contributed by atoms with Gasteiger partial charge in [0.1, 0.15) is 0 Å². The van der Waals surface area contributed by atoms with Gasteiger partial charge < -0.3 is 0 Å². The fourth-order valence-corrected chi connectivity index (χ4v) is 8.62. The number of hydrogen-bond acceptors (Lipinski definition) is 0. The third-order valence-electron chi connectivity index (χ3n) is 3.78. The lowest BCUT2D eigenvalue weighted by molar-refractivity contribution is 1.41. The molecule has 0 saturated heterocycles. The highest BCUT2D eigenvalue weighted by Gasteiger charge is 2.14. The van der Waals surface area contributed by atoms with Crippen LogP contribution >= 0.6 is 15.5 Å². The SMILES string of the molecule is Cc1cp(CP(c2ccccc2)c2ccccc2)cc1C.[B]. The second-order valence-corrected chi connectivity index (χ2v) is 9.94. The topological polar surface area (TPSA) is 0 Å². The highest BCUT2D eigenvalue weighted by atomic mass is 31.2. The number of benzene rings is 2. The van der Waals surface area contributed by atoms with Crippen LogP contribution in [0.25, 0.3) is 0 Å². The van der Waals surface area contributed by atoms with Gasteiger partial charge in [0.05, 0.1) is 0 Å². The van der Waals surface area contributed by atoms with Crippen molar-refractivity contribution >= 4 is 34.5 Å². The normalized spacial score (nSPS) is 10.5. The first-order chi connectivity index (χ1) is 10.2. The predicted molar refractivity (Wildman–Crippen MR) is 103 cm³/mol. The van der Waals surface area contributed by atoms with Crippen LogP contribution in [0.2, 0.25) is 0 Å². The molecule has 0 atom stereocenters. The molecule has 2 aromatic carbocycles. The van der Waals surface area contributed by atoms with Crippen molar-refractivity contribution in [2.75, 3.05) is 0 Å². The van der Waals surface area contributed by atoms with E-state index < -0.39 is 0 Å². The third-order valence-corrected chi connectivity index (χ3v) is 9.50. The minimum atomic E-state index is -0.260. The van der Waals surface area contributed by atoms with Gasteiger partial charge in [-0.3, -0.25) is 0 Å². The molecule has 1 heterocycles. The van der Waals surface area contributed by atoms with Crippen LogP contribution in [0.3, 0.4) is 0 Å². The predicted octanol–water partition coefficient (Wildman–Crippen LogP) is 5.00. The molecule has 3 heteroatoms. The summed E-state index contributed by atoms with van der Waals surface area (Å²) >= 11 is 0. The summed E-state index contributed by atoms with van der Waals surface area (Å²) in [5.74, 6) is 6.26. The van der Waals surface area contributed by atoms with Gasteiger partial charge in [0.25, 0.3) is 0 Å². The Kier molecular flexibility index (Phi) is 6.07. The molecule has 3 aromatic rings. The van der Waals surface area contributed by atoms with Gasteiger partial charge in [0, 0.05) is 14.3 Å². The number of aryl methyl sites for hydroxylation is 2. The average Bonchev–Trinajstić information content (AvgIpc) is 2.85. The summed E-state index contributed by atoms with van der Waals surface area (Å²) < 4.78 is 0. The minimum Gasteiger partial charge on any atom is -0.119 e. The van der Waals surface area contributed by atoms with Crippen LogP contribution in [0, 0.1) is 13.8 Å². The summed E-state index contributed by atoms with van der Waals surface area (Å²) in [6.45, 7) is 4.48. The monoisotopic (exact) mass is 321 g/mol. The lowest BCUT2D eigenvalue weighted by atomic mass is 10.2. The van der Waals surface area contributed by atoms with E-state index in [-0.39, 0.29) is 23.9 Å². The van der Waals surface area contributed by atoms with E-state index in [2.05, 4.69) is 86.1 Å². The standard InChI is InChI=1S/C19H20P2.B/c1-16-13-20(14-17(16)2)15-21(18-9-5-3-6-10-18)19-11-7-4-8-12-19;/h3-14H,15H2,1-2H3;. The van der Waals surface area contributed by atoms with E-state index in [1.54, 1.807) is 0 Å². The Labute approximate surface area is 138 Å². The average molecular weight is 321 g/mol. The molecule has 0 aliphatic rings. The maximum atomic E-state index is 2.49. The van der Waals surface area contributed by atoms with Gasteiger partial charge in [-0.05, 0) is 55.1 Å². The van der Waals surface area contributed by atoms with Crippen LogP contribution in [-0.2, 0) is 5.90 Å². The summed E-state index contributed by atoms with van der Waals surface area (Å²) in [4.78, 5) is 0. The maximum Gasteiger partial charge on any atom is 0.0144 e. The molecule has 0 aliphatic carbocycles. The molecule has 0 fully saturated rings. The van der Waals surface area contributed by atoms with E-state index in [0.717, 1.165) is 0 Å². The largest absolute Gasteiger partial charge is 0.119 e. The van der Waals surface area contributed by atoms with Gasteiger partial charge >= 0.3 is 0 Å². The van der Waals surface area contributed by atoms with Gasteiger partial charge in [0.2, 0.25) is 0 Å². The smallest absolute Gasteiger partial charge is 0.0144 e. The molecule has 22 heavy (non-hydrogen) atoms. The highest BCUT2D eigenvalue weighted by molar-refractivity contribution is 7.79. The molecule has 0 spiro atoms. The van der Waals surface area contributed by atoms with Crippen LogP contribution in [0.5, 0.6) is 0 Å². The van der Waals surface area contributed by atoms with Crippen molar-refractivity contribution in [3.63, 3.8) is 0 Å². The lowest BCUT2D eigenvalue weighted by Gasteiger charge is -2.18. The zero-order valence-corrected chi connectivity index (χ0v) is 14.9. The molecular weight excluding hydrogens is 301 g/mol. The number of hydrogen-bond donors (Lipinski definition) is 0. The van der Waals surface area contributed by atoms with Crippen molar-refractivity contribution < 1.29 is 0 Å². The molecule has 0 aliphatic heterocycles. The first-order valence-corrected chi connectivity index (χ1v) is 10.4. The van der Waals surface area contributed by atoms with Crippen molar-refractivity contribution in [2.24, 2.45) is 0 Å². The summed E-state index contributed by atoms with van der Waals surface area (Å²) in [6, 6.07) is 22.0. The number of rotatable bonds is 4. The molecule has 3 radical (unpaired) electrons. The Morgan fingerprint density at radius 2 is 1.14 bits per heavy atom. The van der Waals surface area contributed by atoms with Crippen LogP contribution in [0.15, 0.2) is 72.3 Å². The van der Waals surface area contributed by atoms with Gasteiger partial charge in [-0.2, -0.15) is 0 Å². The third kappa shape index (κ3) is 3.92. The molecule has 0 amide bonds. The van der Waals surface area contributed by atoms with Crippen molar-refractivity contribution in [3.05, 3.63) is 83.4 Å². The van der Waals surface area contributed by atoms with Crippen LogP contribution in [0.4, 0.5) is 0 Å². The summed E-state index contributed by atoms with van der Waals surface area (Å²) in [5.41, 5.74) is 2.94. The molecular formula is C19H20BP2. The van der Waals surface area contributed by atoms with Gasteiger partial charge in [-0.25, -0.2) is 0 Å². The van der Waals surface area contributed by atoms with E-state index >= 15 is 0 Å². The molecule has 0 N–H and O–H groups in total. The molecule has 0 nitrogen and oxygen atoms in total. The van der Waals surface area contributed by atoms with Crippen LogP contribution < -0.4 is 10.6 Å². The second-order valence-electron chi connectivity index (χ2n) is 5.38. The second kappa shape index (κ2) is 7.82. The Hall–Kier alpha value is -1.29. The van der Waals surface area contributed by atoms with Crippen LogP contribution in [0.1, 0.15) is 11.1 Å². The van der Waals surface area contributed by atoms with Gasteiger partial charge in [-0.15, -0.1) is 7.53 Å². The minimum absolute atomic E-state index is 0. The Bertz CT molecular complexity index is 646. The van der Waals surface area contributed by atoms with Crippen molar-refractivity contribution in [2.45, 2.75) is 19.8 Å². The van der Waals surface area contributed by atoms with Crippen molar-refractivity contribution in [1.82, 2.24) is 0 Å². The Morgan fingerprint density at radius 3 is 1.55 bits per heavy atom. The molecule has 3 rings (SSSR count). The maximum absolute atomic E-state index is 2.49. The molecule has 0 unspecified atom stereocenters. The Morgan fingerprint density at radius 1 is 0.727 bits per heavy atom. The van der Waals surface area contributed by atoms with E-state index in [1.807, 2.05) is 0 Å². The molecule has 0 bridgehead atoms. The fourth-order valence-electron chi connectivity index (χ4n) is 2.51. The highest BCUT2D eigenvalue weighted by Crippen LogP contribution is 2.48. The van der Waals surface area contributed by atoms with Gasteiger partial charge in [0.15, 0.2) is 0 Å².